The van der Waals surface area contributed by atoms with E-state index in [1.807, 2.05) is 42.2 Å². The van der Waals surface area contributed by atoms with Crippen LogP contribution in [0.3, 0.4) is 0 Å². The molecular weight excluding hydrogens is 266 g/mol. The molecule has 1 aliphatic heterocycles. The topological polar surface area (TPSA) is 33.1 Å². The molecule has 3 rings (SSSR count). The van der Waals surface area contributed by atoms with Gasteiger partial charge in [-0.05, 0) is 35.3 Å². The van der Waals surface area contributed by atoms with Gasteiger partial charge in [0.15, 0.2) is 0 Å². The fraction of sp³-hybridized carbons (Fsp3) is 0.471. The zero-order chi connectivity index (χ0) is 14.2. The van der Waals surface area contributed by atoms with E-state index < -0.39 is 5.60 Å². The molecule has 20 heavy (non-hydrogen) atoms. The molecule has 2 aromatic rings. The van der Waals surface area contributed by atoms with Crippen LogP contribution in [0.2, 0.25) is 0 Å². The summed E-state index contributed by atoms with van der Waals surface area (Å²) in [5, 5.41) is 12.1. The molecule has 1 aliphatic rings. The molecule has 0 amide bonds. The number of rotatable bonds is 2. The minimum Gasteiger partial charge on any atom is -0.389 e. The Labute approximate surface area is 124 Å². The van der Waals surface area contributed by atoms with E-state index >= 15 is 0 Å². The third kappa shape index (κ3) is 2.84. The minimum atomic E-state index is -0.601. The highest BCUT2D eigenvalue weighted by Gasteiger charge is 2.39. The smallest absolute Gasteiger partial charge is 0.0783 e. The van der Waals surface area contributed by atoms with Crippen molar-refractivity contribution in [3.05, 3.63) is 42.1 Å². The summed E-state index contributed by atoms with van der Waals surface area (Å²) in [5.74, 6) is 1.96. The lowest BCUT2D eigenvalue weighted by molar-refractivity contribution is 0.0203. The summed E-state index contributed by atoms with van der Waals surface area (Å²) in [7, 11) is 0. The second-order valence-electron chi connectivity index (χ2n) is 6.72. The maximum absolute atomic E-state index is 11.0. The molecule has 1 aromatic carbocycles. The number of fused-ring (bicyclic) bond motifs is 1. The number of benzene rings is 1. The molecule has 106 valence electrons. The van der Waals surface area contributed by atoms with E-state index in [0.29, 0.717) is 6.42 Å². The molecule has 2 nitrogen and oxygen atoms in total. The van der Waals surface area contributed by atoms with Crippen molar-refractivity contribution < 1.29 is 5.11 Å². The first-order chi connectivity index (χ1) is 9.48. The number of para-hydroxylation sites is 1. The molecule has 0 aliphatic carbocycles. The largest absolute Gasteiger partial charge is 0.389 e. The summed E-state index contributed by atoms with van der Waals surface area (Å²) < 4.78 is 0. The molecule has 0 spiro atoms. The van der Waals surface area contributed by atoms with E-state index in [2.05, 4.69) is 24.9 Å². The molecule has 0 saturated carbocycles. The molecule has 3 heteroatoms. The van der Waals surface area contributed by atoms with Crippen LogP contribution in [0.15, 0.2) is 36.5 Å². The predicted molar refractivity (Wildman–Crippen MR) is 86.1 cm³/mol. The third-order valence-electron chi connectivity index (χ3n) is 3.93. The highest BCUT2D eigenvalue weighted by molar-refractivity contribution is 7.99. The van der Waals surface area contributed by atoms with Crippen molar-refractivity contribution in [1.82, 2.24) is 4.98 Å². The van der Waals surface area contributed by atoms with Gasteiger partial charge < -0.3 is 5.11 Å². The number of hydrogen-bond acceptors (Lipinski definition) is 3. The van der Waals surface area contributed by atoms with Gasteiger partial charge in [0.25, 0.3) is 0 Å². The minimum absolute atomic E-state index is 0.209. The highest BCUT2D eigenvalue weighted by Crippen LogP contribution is 2.41. The second-order valence-corrected chi connectivity index (χ2v) is 7.71. The molecule has 1 saturated heterocycles. The zero-order valence-corrected chi connectivity index (χ0v) is 12.9. The Morgan fingerprint density at radius 1 is 1.20 bits per heavy atom. The average molecular weight is 287 g/mol. The lowest BCUT2D eigenvalue weighted by Crippen LogP contribution is -2.44. The predicted octanol–water partition coefficient (Wildman–Crippen LogP) is 3.67. The van der Waals surface area contributed by atoms with Crippen LogP contribution in [0.5, 0.6) is 0 Å². The van der Waals surface area contributed by atoms with Crippen LogP contribution in [0.25, 0.3) is 10.9 Å². The fourth-order valence-corrected chi connectivity index (χ4v) is 4.63. The summed E-state index contributed by atoms with van der Waals surface area (Å²) in [6.07, 6.45) is 3.43. The molecule has 1 aromatic heterocycles. The van der Waals surface area contributed by atoms with E-state index in [4.69, 9.17) is 0 Å². The number of aromatic nitrogens is 1. The van der Waals surface area contributed by atoms with Gasteiger partial charge >= 0.3 is 0 Å². The van der Waals surface area contributed by atoms with Crippen molar-refractivity contribution in [2.24, 2.45) is 5.41 Å². The van der Waals surface area contributed by atoms with Gasteiger partial charge in [-0.3, -0.25) is 4.98 Å². The van der Waals surface area contributed by atoms with Gasteiger partial charge in [0.05, 0.1) is 11.1 Å². The van der Waals surface area contributed by atoms with E-state index in [-0.39, 0.29) is 5.41 Å². The molecular formula is C17H21NOS. The Kier molecular flexibility index (Phi) is 3.51. The molecule has 0 bridgehead atoms. The summed E-state index contributed by atoms with van der Waals surface area (Å²) >= 11 is 1.87. The molecule has 0 radical (unpaired) electrons. The lowest BCUT2D eigenvalue weighted by Gasteiger charge is -2.41. The molecule has 1 N–H and O–H groups in total. The second kappa shape index (κ2) is 5.05. The van der Waals surface area contributed by atoms with Crippen molar-refractivity contribution in [1.29, 1.82) is 0 Å². The van der Waals surface area contributed by atoms with Crippen LogP contribution in [0, 0.1) is 5.41 Å². The average Bonchev–Trinajstić information content (AvgIpc) is 2.37. The fourth-order valence-electron chi connectivity index (χ4n) is 3.29. The number of pyridine rings is 1. The first kappa shape index (κ1) is 13.9. The Hall–Kier alpha value is -1.06. The third-order valence-corrected chi connectivity index (χ3v) is 5.66. The zero-order valence-electron chi connectivity index (χ0n) is 12.1. The van der Waals surface area contributed by atoms with Gasteiger partial charge in [-0.15, -0.1) is 0 Å². The van der Waals surface area contributed by atoms with E-state index in [1.165, 1.54) is 5.56 Å². The first-order valence-electron chi connectivity index (χ1n) is 7.10. The number of aliphatic hydroxyl groups is 1. The molecule has 2 heterocycles. The number of nitrogens with zero attached hydrogens (tertiary/aromatic N) is 1. The van der Waals surface area contributed by atoms with Gasteiger partial charge in [0.2, 0.25) is 0 Å². The first-order valence-corrected chi connectivity index (χ1v) is 8.26. The van der Waals surface area contributed by atoms with Crippen LogP contribution in [-0.4, -0.2) is 27.2 Å². The van der Waals surface area contributed by atoms with Crippen molar-refractivity contribution in [2.45, 2.75) is 32.3 Å². The van der Waals surface area contributed by atoms with Gasteiger partial charge in [-0.1, -0.05) is 32.0 Å². The maximum atomic E-state index is 11.0. The summed E-state index contributed by atoms with van der Waals surface area (Å²) in [5.41, 5.74) is 1.82. The van der Waals surface area contributed by atoms with E-state index in [1.54, 1.807) is 0 Å². The van der Waals surface area contributed by atoms with Gasteiger partial charge in [-0.2, -0.15) is 11.8 Å². The molecule has 1 unspecified atom stereocenters. The highest BCUT2D eigenvalue weighted by atomic mass is 32.2. The quantitative estimate of drug-likeness (QED) is 0.915. The van der Waals surface area contributed by atoms with Crippen molar-refractivity contribution >= 4 is 22.7 Å². The normalized spacial score (nSPS) is 25.8. The van der Waals surface area contributed by atoms with Crippen LogP contribution >= 0.6 is 11.8 Å². The van der Waals surface area contributed by atoms with Gasteiger partial charge in [-0.25, -0.2) is 0 Å². The van der Waals surface area contributed by atoms with Crippen molar-refractivity contribution in [3.63, 3.8) is 0 Å². The van der Waals surface area contributed by atoms with E-state index in [0.717, 1.165) is 28.8 Å². The van der Waals surface area contributed by atoms with Crippen LogP contribution in [0.1, 0.15) is 25.8 Å². The van der Waals surface area contributed by atoms with Crippen LogP contribution in [0.4, 0.5) is 0 Å². The standard InChI is InChI=1S/C17H21NOS/c1-16(2)10-17(19,12-20-11-16)9-13-7-8-18-15-6-4-3-5-14(13)15/h3-8,19H,9-12H2,1-2H3. The summed E-state index contributed by atoms with van der Waals surface area (Å²) in [6, 6.07) is 10.2. The monoisotopic (exact) mass is 287 g/mol. The number of thioether (sulfide) groups is 1. The Morgan fingerprint density at radius 2 is 2.00 bits per heavy atom. The van der Waals surface area contributed by atoms with Gasteiger partial charge in [0.1, 0.15) is 0 Å². The van der Waals surface area contributed by atoms with Crippen LogP contribution in [-0.2, 0) is 6.42 Å². The Balaban J connectivity index is 1.93. The molecule has 1 fully saturated rings. The van der Waals surface area contributed by atoms with E-state index in [9.17, 15) is 5.11 Å². The van der Waals surface area contributed by atoms with Crippen molar-refractivity contribution in [3.8, 4) is 0 Å². The summed E-state index contributed by atoms with van der Waals surface area (Å²) in [6.45, 7) is 4.49. The van der Waals surface area contributed by atoms with Crippen molar-refractivity contribution in [2.75, 3.05) is 11.5 Å². The summed E-state index contributed by atoms with van der Waals surface area (Å²) in [4.78, 5) is 4.40. The maximum Gasteiger partial charge on any atom is 0.0783 e. The lowest BCUT2D eigenvalue weighted by atomic mass is 9.79. The SMILES string of the molecule is CC1(C)CSCC(O)(Cc2ccnc3ccccc23)C1. The van der Waals surface area contributed by atoms with Crippen LogP contribution < -0.4 is 0 Å². The Bertz CT molecular complexity index is 620. The van der Waals surface area contributed by atoms with Gasteiger partial charge in [0, 0.05) is 23.8 Å². The number of hydrogen-bond donors (Lipinski definition) is 1. The molecule has 1 atom stereocenters. The Morgan fingerprint density at radius 3 is 2.80 bits per heavy atom.